The Kier molecular flexibility index (Phi) is 5.70. The van der Waals surface area contributed by atoms with Crippen molar-refractivity contribution in [2.75, 3.05) is 12.4 Å². The number of carbonyl (C=O) groups is 3. The maximum Gasteiger partial charge on any atom is 0.330 e. The summed E-state index contributed by atoms with van der Waals surface area (Å²) in [6, 6.07) is 8.34. The van der Waals surface area contributed by atoms with Crippen LogP contribution in [0.25, 0.3) is 0 Å². The van der Waals surface area contributed by atoms with Crippen molar-refractivity contribution < 1.29 is 23.5 Å². The van der Waals surface area contributed by atoms with Crippen LogP contribution in [0.15, 0.2) is 41.0 Å². The smallest absolute Gasteiger partial charge is 0.330 e. The number of amides is 1. The van der Waals surface area contributed by atoms with Crippen LogP contribution in [0.4, 0.5) is 0 Å². The van der Waals surface area contributed by atoms with Crippen LogP contribution in [0.2, 0.25) is 0 Å². The Balaban J connectivity index is 1.67. The second-order valence-electron chi connectivity index (χ2n) is 6.49. The normalized spacial score (nSPS) is 19.1. The lowest BCUT2D eigenvalue weighted by Gasteiger charge is -2.25. The third-order valence-electron chi connectivity index (χ3n) is 4.46. The number of esters is 1. The molecule has 6 nitrogen and oxygen atoms in total. The molecule has 27 heavy (non-hydrogen) atoms. The van der Waals surface area contributed by atoms with Crippen molar-refractivity contribution in [2.45, 2.75) is 32.2 Å². The number of furan rings is 1. The van der Waals surface area contributed by atoms with Crippen molar-refractivity contribution in [3.05, 3.63) is 59.0 Å². The molecular weight excluding hydrogens is 366 g/mol. The summed E-state index contributed by atoms with van der Waals surface area (Å²) in [6.45, 7) is 4.80. The van der Waals surface area contributed by atoms with Gasteiger partial charge in [0.1, 0.15) is 17.2 Å². The van der Waals surface area contributed by atoms with Crippen LogP contribution < -0.4 is 0 Å². The monoisotopic (exact) mass is 387 g/mol. The van der Waals surface area contributed by atoms with Gasteiger partial charge in [0.2, 0.25) is 11.7 Å². The van der Waals surface area contributed by atoms with Crippen molar-refractivity contribution >= 4 is 29.4 Å². The molecule has 2 aromatic rings. The molecule has 1 aromatic heterocycles. The summed E-state index contributed by atoms with van der Waals surface area (Å²) in [4.78, 5) is 38.5. The predicted molar refractivity (Wildman–Crippen MR) is 101 cm³/mol. The summed E-state index contributed by atoms with van der Waals surface area (Å²) in [5.74, 6) is -0.0831. The van der Waals surface area contributed by atoms with Gasteiger partial charge in [-0.05, 0) is 37.6 Å². The molecule has 142 valence electrons. The number of aryl methyl sites for hydroxylation is 2. The second kappa shape index (κ2) is 8.00. The van der Waals surface area contributed by atoms with Gasteiger partial charge in [0.15, 0.2) is 6.61 Å². The third kappa shape index (κ3) is 4.08. The van der Waals surface area contributed by atoms with Crippen molar-refractivity contribution in [3.8, 4) is 0 Å². The van der Waals surface area contributed by atoms with Gasteiger partial charge in [-0.1, -0.05) is 17.7 Å². The number of ether oxygens (including phenoxy) is 1. The summed E-state index contributed by atoms with van der Waals surface area (Å²) in [6.07, 6.45) is 1.53. The van der Waals surface area contributed by atoms with Gasteiger partial charge in [0.05, 0.1) is 6.26 Å². The molecule has 1 saturated heterocycles. The Hall–Kier alpha value is -2.54. The number of hydrogen-bond acceptors (Lipinski definition) is 6. The first-order valence-electron chi connectivity index (χ1n) is 8.59. The largest absolute Gasteiger partial charge is 0.466 e. The van der Waals surface area contributed by atoms with E-state index >= 15 is 0 Å². The maximum absolute atomic E-state index is 12.6. The molecule has 0 bridgehead atoms. The van der Waals surface area contributed by atoms with E-state index in [0.717, 1.165) is 11.1 Å². The SMILES string of the molecule is CC(=O)N1[C@@H](C(=O)OCC(=O)c2cc(C)ccc2C)CS[C@@H]1c1ccco1. The number of thioether (sulfide) groups is 1. The Labute approximate surface area is 161 Å². The van der Waals surface area contributed by atoms with E-state index in [0.29, 0.717) is 17.1 Å². The molecule has 0 radical (unpaired) electrons. The number of rotatable bonds is 5. The zero-order chi connectivity index (χ0) is 19.6. The second-order valence-corrected chi connectivity index (χ2v) is 7.61. The topological polar surface area (TPSA) is 76.8 Å². The standard InChI is InChI=1S/C20H21NO5S/c1-12-6-7-13(2)15(9-12)17(23)10-26-20(24)16-11-27-19(21(16)14(3)22)18-5-4-8-25-18/h4-9,16,19H,10-11H2,1-3H3/t16-,19-/m1/s1. The molecular formula is C20H21NO5S. The molecule has 1 fully saturated rings. The highest BCUT2D eigenvalue weighted by Gasteiger charge is 2.43. The van der Waals surface area contributed by atoms with Gasteiger partial charge >= 0.3 is 5.97 Å². The molecule has 1 aromatic carbocycles. The van der Waals surface area contributed by atoms with E-state index in [-0.39, 0.29) is 23.7 Å². The van der Waals surface area contributed by atoms with Crippen LogP contribution in [-0.2, 0) is 14.3 Å². The van der Waals surface area contributed by atoms with E-state index in [9.17, 15) is 14.4 Å². The Bertz CT molecular complexity index is 861. The molecule has 1 amide bonds. The third-order valence-corrected chi connectivity index (χ3v) is 5.75. The highest BCUT2D eigenvalue weighted by atomic mass is 32.2. The van der Waals surface area contributed by atoms with Crippen molar-refractivity contribution in [1.82, 2.24) is 4.90 Å². The lowest BCUT2D eigenvalue weighted by atomic mass is 10.0. The van der Waals surface area contributed by atoms with E-state index < -0.39 is 12.0 Å². The molecule has 0 saturated carbocycles. The zero-order valence-corrected chi connectivity index (χ0v) is 16.2. The van der Waals surface area contributed by atoms with Gasteiger partial charge in [0.25, 0.3) is 0 Å². The van der Waals surface area contributed by atoms with Crippen LogP contribution in [0.3, 0.4) is 0 Å². The van der Waals surface area contributed by atoms with Gasteiger partial charge in [-0.2, -0.15) is 0 Å². The Morgan fingerprint density at radius 3 is 2.70 bits per heavy atom. The summed E-state index contributed by atoms with van der Waals surface area (Å²) in [5, 5.41) is -0.371. The summed E-state index contributed by atoms with van der Waals surface area (Å²) >= 11 is 1.43. The first kappa shape index (κ1) is 19.2. The fourth-order valence-electron chi connectivity index (χ4n) is 3.07. The van der Waals surface area contributed by atoms with Gasteiger partial charge in [-0.3, -0.25) is 9.59 Å². The van der Waals surface area contributed by atoms with Crippen molar-refractivity contribution in [2.24, 2.45) is 0 Å². The van der Waals surface area contributed by atoms with Crippen LogP contribution >= 0.6 is 11.8 Å². The summed E-state index contributed by atoms with van der Waals surface area (Å²) in [7, 11) is 0. The molecule has 7 heteroatoms. The van der Waals surface area contributed by atoms with E-state index in [1.54, 1.807) is 18.2 Å². The van der Waals surface area contributed by atoms with Gasteiger partial charge in [0, 0.05) is 18.2 Å². The highest BCUT2D eigenvalue weighted by Crippen LogP contribution is 2.41. The van der Waals surface area contributed by atoms with Gasteiger partial charge in [-0.15, -0.1) is 11.8 Å². The van der Waals surface area contributed by atoms with E-state index in [4.69, 9.17) is 9.15 Å². The molecule has 1 aliphatic rings. The van der Waals surface area contributed by atoms with Gasteiger partial charge < -0.3 is 14.1 Å². The van der Waals surface area contributed by atoms with Crippen molar-refractivity contribution in [1.29, 1.82) is 0 Å². The quantitative estimate of drug-likeness (QED) is 0.579. The fraction of sp³-hybridized carbons (Fsp3) is 0.350. The summed E-state index contributed by atoms with van der Waals surface area (Å²) < 4.78 is 10.6. The van der Waals surface area contributed by atoms with Crippen LogP contribution in [0.5, 0.6) is 0 Å². The van der Waals surface area contributed by atoms with Crippen LogP contribution in [0, 0.1) is 13.8 Å². The number of nitrogens with zero attached hydrogens (tertiary/aromatic N) is 1. The lowest BCUT2D eigenvalue weighted by Crippen LogP contribution is -2.43. The molecule has 0 N–H and O–H groups in total. The Morgan fingerprint density at radius 2 is 2.04 bits per heavy atom. The van der Waals surface area contributed by atoms with E-state index in [1.807, 2.05) is 26.0 Å². The minimum atomic E-state index is -0.742. The highest BCUT2D eigenvalue weighted by molar-refractivity contribution is 7.99. The minimum Gasteiger partial charge on any atom is -0.466 e. The number of hydrogen-bond donors (Lipinski definition) is 0. The predicted octanol–water partition coefficient (Wildman–Crippen LogP) is 3.29. The van der Waals surface area contributed by atoms with Gasteiger partial charge in [-0.25, -0.2) is 4.79 Å². The van der Waals surface area contributed by atoms with Crippen LogP contribution in [-0.4, -0.2) is 41.0 Å². The molecule has 3 rings (SSSR count). The Morgan fingerprint density at radius 1 is 1.26 bits per heavy atom. The molecule has 2 heterocycles. The maximum atomic E-state index is 12.6. The first-order chi connectivity index (χ1) is 12.9. The molecule has 1 aliphatic heterocycles. The molecule has 0 unspecified atom stereocenters. The zero-order valence-electron chi connectivity index (χ0n) is 15.4. The first-order valence-corrected chi connectivity index (χ1v) is 9.64. The average Bonchev–Trinajstić information content (AvgIpc) is 3.30. The lowest BCUT2D eigenvalue weighted by molar-refractivity contribution is -0.152. The number of carbonyl (C=O) groups excluding carboxylic acids is 3. The van der Waals surface area contributed by atoms with E-state index in [1.165, 1.54) is 29.8 Å². The molecule has 2 atom stereocenters. The average molecular weight is 387 g/mol. The minimum absolute atomic E-state index is 0.246. The summed E-state index contributed by atoms with van der Waals surface area (Å²) in [5.41, 5.74) is 2.34. The number of Topliss-reactive ketones (excluding diaryl/α,β-unsaturated/α-hetero) is 1. The van der Waals surface area contributed by atoms with Crippen LogP contribution in [0.1, 0.15) is 39.5 Å². The molecule has 0 aliphatic carbocycles. The van der Waals surface area contributed by atoms with Crippen molar-refractivity contribution in [3.63, 3.8) is 0 Å². The number of benzene rings is 1. The molecule has 0 spiro atoms. The number of ketones is 1. The van der Waals surface area contributed by atoms with E-state index in [2.05, 4.69) is 0 Å². The fourth-order valence-corrected chi connectivity index (χ4v) is 4.49.